The van der Waals surface area contributed by atoms with Crippen molar-refractivity contribution < 1.29 is 9.26 Å². The first-order chi connectivity index (χ1) is 7.88. The number of benzene rings is 1. The van der Waals surface area contributed by atoms with Crippen molar-refractivity contribution in [2.45, 2.75) is 12.5 Å². The SMILES string of the molecule is PNPN=POc1cccc(CC2CO2)c1. The fourth-order valence-electron chi connectivity index (χ4n) is 1.29. The first kappa shape index (κ1) is 12.4. The Labute approximate surface area is 101 Å². The number of rotatable bonds is 6. The summed E-state index contributed by atoms with van der Waals surface area (Å²) in [5.41, 5.74) is 1.25. The van der Waals surface area contributed by atoms with E-state index in [4.69, 9.17) is 9.26 Å². The minimum Gasteiger partial charge on any atom is -0.423 e. The van der Waals surface area contributed by atoms with Crippen LogP contribution in [0.25, 0.3) is 0 Å². The number of ether oxygens (including phenoxy) is 1. The molecule has 86 valence electrons. The zero-order valence-electron chi connectivity index (χ0n) is 8.59. The predicted octanol–water partition coefficient (Wildman–Crippen LogP) is 2.94. The van der Waals surface area contributed by atoms with Gasteiger partial charge in [-0.15, -0.1) is 0 Å². The molecular formula is C9H13N2O2P3. The molecule has 1 aliphatic heterocycles. The Balaban J connectivity index is 1.87. The first-order valence-electron chi connectivity index (χ1n) is 4.86. The van der Waals surface area contributed by atoms with Crippen LogP contribution in [0.2, 0.25) is 0 Å². The van der Waals surface area contributed by atoms with Crippen molar-refractivity contribution in [3.05, 3.63) is 29.8 Å². The standard InChI is InChI=1S/C9H13N2O2P3/c14-10-15-11-16-13-8-3-1-2-7(4-8)5-9-6-12-9/h1-4,9-10,15H,5-6,14H2. The van der Waals surface area contributed by atoms with Crippen LogP contribution in [0.1, 0.15) is 5.56 Å². The van der Waals surface area contributed by atoms with Crippen LogP contribution in [-0.2, 0) is 11.2 Å². The van der Waals surface area contributed by atoms with Crippen LogP contribution in [0.15, 0.2) is 28.8 Å². The highest BCUT2D eigenvalue weighted by atomic mass is 31.1. The average molecular weight is 274 g/mol. The minimum atomic E-state index is 0.351. The van der Waals surface area contributed by atoms with E-state index in [-0.39, 0.29) is 0 Å². The van der Waals surface area contributed by atoms with Gasteiger partial charge in [0.15, 0.2) is 0 Å². The molecule has 1 aliphatic rings. The minimum absolute atomic E-state index is 0.351. The first-order valence-corrected chi connectivity index (χ1v) is 7.15. The van der Waals surface area contributed by atoms with Gasteiger partial charge in [-0.05, 0) is 17.7 Å². The summed E-state index contributed by atoms with van der Waals surface area (Å²) in [6.45, 7) is 0.889. The topological polar surface area (TPSA) is 46.2 Å². The lowest BCUT2D eigenvalue weighted by molar-refractivity contribution is 0.407. The van der Waals surface area contributed by atoms with Crippen molar-refractivity contribution in [2.24, 2.45) is 4.52 Å². The third kappa shape index (κ3) is 4.41. The predicted molar refractivity (Wildman–Crippen MR) is 71.0 cm³/mol. The smallest absolute Gasteiger partial charge is 0.247 e. The van der Waals surface area contributed by atoms with Crippen molar-refractivity contribution >= 4 is 26.9 Å². The van der Waals surface area contributed by atoms with Gasteiger partial charge < -0.3 is 9.26 Å². The Kier molecular flexibility index (Phi) is 5.09. The summed E-state index contributed by atoms with van der Waals surface area (Å²) in [6, 6.07) is 8.08. The molecule has 1 fully saturated rings. The highest BCUT2D eigenvalue weighted by Gasteiger charge is 2.22. The highest BCUT2D eigenvalue weighted by Crippen LogP contribution is 2.24. The Hall–Kier alpha value is -0.1000. The van der Waals surface area contributed by atoms with Crippen molar-refractivity contribution in [2.75, 3.05) is 6.61 Å². The molecular weight excluding hydrogens is 261 g/mol. The zero-order valence-corrected chi connectivity index (χ0v) is 11.6. The second-order valence-electron chi connectivity index (χ2n) is 3.34. The maximum absolute atomic E-state index is 5.47. The lowest BCUT2D eigenvalue weighted by atomic mass is 10.1. The molecule has 2 rings (SSSR count). The van der Waals surface area contributed by atoms with Crippen molar-refractivity contribution in [3.8, 4) is 5.75 Å². The molecule has 3 unspecified atom stereocenters. The number of nitrogens with one attached hydrogen (secondary N) is 1. The molecule has 1 heterocycles. The van der Waals surface area contributed by atoms with Crippen LogP contribution < -0.4 is 9.38 Å². The van der Waals surface area contributed by atoms with Gasteiger partial charge in [0.25, 0.3) is 0 Å². The summed E-state index contributed by atoms with van der Waals surface area (Å²) in [6.07, 6.45) is 1.39. The van der Waals surface area contributed by atoms with Gasteiger partial charge in [-0.2, -0.15) is 4.52 Å². The Bertz CT molecular complexity index is 372. The van der Waals surface area contributed by atoms with Gasteiger partial charge in [-0.1, -0.05) is 21.5 Å². The molecule has 0 amide bonds. The van der Waals surface area contributed by atoms with E-state index in [9.17, 15) is 0 Å². The van der Waals surface area contributed by atoms with E-state index in [0.29, 0.717) is 23.6 Å². The molecule has 0 aliphatic carbocycles. The van der Waals surface area contributed by atoms with Crippen LogP contribution >= 0.6 is 26.9 Å². The maximum atomic E-state index is 5.47. The van der Waals surface area contributed by atoms with Crippen molar-refractivity contribution in [3.63, 3.8) is 0 Å². The summed E-state index contributed by atoms with van der Waals surface area (Å²) in [4.78, 5) is 2.87. The van der Waals surface area contributed by atoms with E-state index >= 15 is 0 Å². The van der Waals surface area contributed by atoms with E-state index in [1.54, 1.807) is 0 Å². The fraction of sp³-hybridized carbons (Fsp3) is 0.333. The quantitative estimate of drug-likeness (QED) is 0.640. The molecule has 1 saturated heterocycles. The van der Waals surface area contributed by atoms with Gasteiger partial charge in [-0.25, -0.2) is 0 Å². The van der Waals surface area contributed by atoms with Gasteiger partial charge in [0.05, 0.1) is 21.6 Å². The lowest BCUT2D eigenvalue weighted by Gasteiger charge is -2.01. The molecule has 0 spiro atoms. The average Bonchev–Trinajstić information content (AvgIpc) is 3.09. The molecule has 1 aromatic carbocycles. The molecule has 16 heavy (non-hydrogen) atoms. The summed E-state index contributed by atoms with van der Waals surface area (Å²) >= 11 is 0. The molecule has 0 saturated carbocycles. The summed E-state index contributed by atoms with van der Waals surface area (Å²) in [5.74, 6) is 0.858. The Morgan fingerprint density at radius 2 is 2.56 bits per heavy atom. The lowest BCUT2D eigenvalue weighted by Crippen LogP contribution is -1.92. The number of hydrogen-bond donors (Lipinski definition) is 1. The molecule has 3 atom stereocenters. The Morgan fingerprint density at radius 3 is 3.31 bits per heavy atom. The molecule has 4 nitrogen and oxygen atoms in total. The highest BCUT2D eigenvalue weighted by molar-refractivity contribution is 7.48. The second-order valence-corrected chi connectivity index (χ2v) is 5.86. The van der Waals surface area contributed by atoms with Gasteiger partial charge in [0.1, 0.15) is 5.75 Å². The van der Waals surface area contributed by atoms with Crippen LogP contribution in [-0.4, -0.2) is 12.7 Å². The van der Waals surface area contributed by atoms with Gasteiger partial charge in [-0.3, -0.25) is 4.86 Å². The fourth-order valence-corrected chi connectivity index (χ4v) is 2.58. The maximum Gasteiger partial charge on any atom is 0.247 e. The van der Waals surface area contributed by atoms with Gasteiger partial charge in [0, 0.05) is 6.42 Å². The number of hydrogen-bond acceptors (Lipinski definition) is 4. The van der Waals surface area contributed by atoms with Crippen LogP contribution in [0.3, 0.4) is 0 Å². The zero-order chi connectivity index (χ0) is 11.2. The molecule has 1 aromatic rings. The molecule has 1 N–H and O–H groups in total. The van der Waals surface area contributed by atoms with E-state index < -0.39 is 0 Å². The third-order valence-corrected chi connectivity index (χ3v) is 3.60. The summed E-state index contributed by atoms with van der Waals surface area (Å²) in [7, 11) is 3.39. The number of epoxide rings is 1. The van der Waals surface area contributed by atoms with E-state index in [0.717, 1.165) is 18.8 Å². The monoisotopic (exact) mass is 274 g/mol. The molecule has 0 bridgehead atoms. The Morgan fingerprint density at radius 1 is 1.69 bits per heavy atom. The molecule has 0 aromatic heterocycles. The normalized spacial score (nSPS) is 19.7. The van der Waals surface area contributed by atoms with E-state index in [1.165, 1.54) is 5.56 Å². The van der Waals surface area contributed by atoms with Gasteiger partial charge in [0.2, 0.25) is 8.60 Å². The summed E-state index contributed by atoms with van der Waals surface area (Å²) < 4.78 is 14.8. The second kappa shape index (κ2) is 6.59. The van der Waals surface area contributed by atoms with Crippen molar-refractivity contribution in [1.29, 1.82) is 0 Å². The largest absolute Gasteiger partial charge is 0.423 e. The van der Waals surface area contributed by atoms with Crippen LogP contribution in [0.5, 0.6) is 5.75 Å². The molecule has 7 heteroatoms. The third-order valence-electron chi connectivity index (χ3n) is 2.07. The number of nitrogens with zero attached hydrogens (tertiary/aromatic N) is 1. The van der Waals surface area contributed by atoms with Crippen LogP contribution in [0.4, 0.5) is 0 Å². The molecule has 0 radical (unpaired) electrons. The van der Waals surface area contributed by atoms with E-state index in [1.807, 2.05) is 18.2 Å². The van der Waals surface area contributed by atoms with Crippen molar-refractivity contribution in [1.82, 2.24) is 4.86 Å². The van der Waals surface area contributed by atoms with Crippen LogP contribution in [0, 0.1) is 0 Å². The van der Waals surface area contributed by atoms with Gasteiger partial charge >= 0.3 is 0 Å². The summed E-state index contributed by atoms with van der Waals surface area (Å²) in [5, 5.41) is 0. The van der Waals surface area contributed by atoms with E-state index in [2.05, 4.69) is 24.8 Å².